The molecule has 5 rings (SSSR count). The van der Waals surface area contributed by atoms with Crippen LogP contribution in [-0.4, -0.2) is 43.0 Å². The lowest BCUT2D eigenvalue weighted by Crippen LogP contribution is -2.41. The van der Waals surface area contributed by atoms with Crippen molar-refractivity contribution in [1.29, 1.82) is 0 Å². The number of benzene rings is 1. The van der Waals surface area contributed by atoms with Crippen molar-refractivity contribution in [3.05, 3.63) is 53.7 Å². The number of hydrogen-bond acceptors (Lipinski definition) is 5. The maximum Gasteiger partial charge on any atom is 0.254 e. The predicted octanol–water partition coefficient (Wildman–Crippen LogP) is 4.36. The highest BCUT2D eigenvalue weighted by Gasteiger charge is 2.49. The summed E-state index contributed by atoms with van der Waals surface area (Å²) >= 11 is 9.64. The van der Waals surface area contributed by atoms with E-state index in [0.29, 0.717) is 10.9 Å². The van der Waals surface area contributed by atoms with E-state index in [4.69, 9.17) is 12.2 Å². The molecule has 0 bridgehead atoms. The van der Waals surface area contributed by atoms with Crippen molar-refractivity contribution in [3.63, 3.8) is 0 Å². The van der Waals surface area contributed by atoms with E-state index in [1.165, 1.54) is 11.5 Å². The van der Waals surface area contributed by atoms with E-state index in [-0.39, 0.29) is 16.0 Å². The predicted molar refractivity (Wildman–Crippen MR) is 121 cm³/mol. The van der Waals surface area contributed by atoms with Crippen LogP contribution in [0.25, 0.3) is 0 Å². The van der Waals surface area contributed by atoms with Crippen LogP contribution in [-0.2, 0) is 0 Å². The number of thiocarbonyl (C=S) groups is 1. The second-order valence-electron chi connectivity index (χ2n) is 7.14. The van der Waals surface area contributed by atoms with Gasteiger partial charge in [-0.05, 0) is 49.3 Å². The molecule has 8 heteroatoms. The molecule has 1 spiro atoms. The van der Waals surface area contributed by atoms with Crippen LogP contribution in [0.15, 0.2) is 42.6 Å². The molecule has 0 saturated carbocycles. The zero-order valence-corrected chi connectivity index (χ0v) is 17.6. The summed E-state index contributed by atoms with van der Waals surface area (Å²) in [4.78, 5) is 19.3. The average Bonchev–Trinajstić information content (AvgIpc) is 3.26. The number of rotatable bonds is 2. The first-order chi connectivity index (χ1) is 13.7. The highest BCUT2D eigenvalue weighted by Crippen LogP contribution is 2.57. The van der Waals surface area contributed by atoms with Crippen LogP contribution in [0.1, 0.15) is 34.8 Å². The lowest BCUT2D eigenvalue weighted by atomic mass is 9.95. The minimum Gasteiger partial charge on any atom is -0.332 e. The van der Waals surface area contributed by atoms with Gasteiger partial charge in [-0.15, -0.1) is 23.5 Å². The molecule has 28 heavy (non-hydrogen) atoms. The third-order valence-electron chi connectivity index (χ3n) is 5.51. The van der Waals surface area contributed by atoms with Gasteiger partial charge in [0.05, 0.1) is 10.1 Å². The first kappa shape index (κ1) is 18.3. The zero-order chi connectivity index (χ0) is 19.1. The topological polar surface area (TPSA) is 57.3 Å². The third kappa shape index (κ3) is 3.17. The van der Waals surface area contributed by atoms with Crippen LogP contribution in [0.4, 0.5) is 11.5 Å². The van der Waals surface area contributed by atoms with Crippen molar-refractivity contribution in [1.82, 2.24) is 9.88 Å². The molecule has 0 aliphatic carbocycles. The molecular formula is C20H20N4OS3. The molecule has 2 N–H and O–H groups in total. The normalized spacial score (nSPS) is 22.1. The van der Waals surface area contributed by atoms with Gasteiger partial charge < -0.3 is 15.5 Å². The van der Waals surface area contributed by atoms with Gasteiger partial charge in [0.25, 0.3) is 5.91 Å². The largest absolute Gasteiger partial charge is 0.332 e. The maximum absolute atomic E-state index is 13.0. The van der Waals surface area contributed by atoms with E-state index in [1.54, 1.807) is 6.20 Å². The first-order valence-corrected chi connectivity index (χ1v) is 11.7. The number of anilines is 2. The number of nitrogens with zero attached hydrogens (tertiary/aromatic N) is 2. The molecule has 1 aromatic heterocycles. The fraction of sp³-hybridized carbons (Fsp3) is 0.350. The third-order valence-corrected chi connectivity index (χ3v) is 9.29. The number of carbonyl (C=O) groups is 1. The summed E-state index contributed by atoms with van der Waals surface area (Å²) in [5, 5.41) is 6.91. The Bertz CT molecular complexity index is 930. The standard InChI is InChI=1S/C20H20N4OS3/c25-18-13-4-3-5-14(22-19(26)23-16-6-1-2-8-21-16)17(13)15-12-20(7-9-24(15)18)27-10-11-28-20/h1-6,8,15H,7,9-12H2,(H2,21,22,23,26). The number of fused-ring (bicyclic) bond motifs is 3. The van der Waals surface area contributed by atoms with E-state index in [9.17, 15) is 4.79 Å². The fourth-order valence-corrected chi connectivity index (χ4v) is 7.78. The Morgan fingerprint density at radius 1 is 1.18 bits per heavy atom. The Labute approximate surface area is 178 Å². The Kier molecular flexibility index (Phi) is 4.72. The fourth-order valence-electron chi connectivity index (χ4n) is 4.29. The van der Waals surface area contributed by atoms with Crippen molar-refractivity contribution in [2.75, 3.05) is 28.7 Å². The van der Waals surface area contributed by atoms with E-state index < -0.39 is 0 Å². The number of aromatic nitrogens is 1. The molecule has 1 aromatic carbocycles. The number of pyridine rings is 1. The smallest absolute Gasteiger partial charge is 0.254 e. The van der Waals surface area contributed by atoms with Gasteiger partial charge >= 0.3 is 0 Å². The van der Waals surface area contributed by atoms with Crippen LogP contribution < -0.4 is 10.6 Å². The average molecular weight is 429 g/mol. The molecule has 144 valence electrons. The summed E-state index contributed by atoms with van der Waals surface area (Å²) in [6.07, 6.45) is 3.79. The quantitative estimate of drug-likeness (QED) is 0.689. The Morgan fingerprint density at radius 3 is 2.82 bits per heavy atom. The Morgan fingerprint density at radius 2 is 2.04 bits per heavy atom. The molecule has 2 saturated heterocycles. The Balaban J connectivity index is 1.43. The van der Waals surface area contributed by atoms with Crippen LogP contribution >= 0.6 is 35.7 Å². The molecule has 2 aromatic rings. The molecule has 4 heterocycles. The molecule has 1 unspecified atom stereocenters. The highest BCUT2D eigenvalue weighted by atomic mass is 32.2. The van der Waals surface area contributed by atoms with Gasteiger partial charge in [0.1, 0.15) is 5.82 Å². The summed E-state index contributed by atoms with van der Waals surface area (Å²) in [5.41, 5.74) is 2.81. The van der Waals surface area contributed by atoms with E-state index in [0.717, 1.165) is 36.2 Å². The number of nitrogens with one attached hydrogen (secondary N) is 2. The van der Waals surface area contributed by atoms with Gasteiger partial charge in [0.15, 0.2) is 5.11 Å². The van der Waals surface area contributed by atoms with Crippen molar-refractivity contribution >= 4 is 58.3 Å². The summed E-state index contributed by atoms with van der Waals surface area (Å²) in [5.74, 6) is 3.25. The summed E-state index contributed by atoms with van der Waals surface area (Å²) < 4.78 is 0.253. The molecule has 1 amide bonds. The van der Waals surface area contributed by atoms with E-state index in [1.807, 2.05) is 36.4 Å². The SMILES string of the molecule is O=C1c2cccc(NC(=S)Nc3ccccn3)c2C2CC3(CCN12)SCCS3. The van der Waals surface area contributed by atoms with Gasteiger partial charge in [-0.3, -0.25) is 4.79 Å². The van der Waals surface area contributed by atoms with Gasteiger partial charge in [-0.2, -0.15) is 0 Å². The van der Waals surface area contributed by atoms with Gasteiger partial charge in [-0.1, -0.05) is 12.1 Å². The molecule has 2 fully saturated rings. The summed E-state index contributed by atoms with van der Waals surface area (Å²) in [7, 11) is 0. The maximum atomic E-state index is 13.0. The molecular weight excluding hydrogens is 408 g/mol. The number of piperidine rings is 1. The summed E-state index contributed by atoms with van der Waals surface area (Å²) in [6.45, 7) is 0.828. The van der Waals surface area contributed by atoms with Crippen molar-refractivity contribution in [2.24, 2.45) is 0 Å². The lowest BCUT2D eigenvalue weighted by Gasteiger charge is -2.41. The van der Waals surface area contributed by atoms with E-state index in [2.05, 4.69) is 44.0 Å². The minimum absolute atomic E-state index is 0.121. The summed E-state index contributed by atoms with van der Waals surface area (Å²) in [6, 6.07) is 11.6. The molecule has 5 nitrogen and oxygen atoms in total. The minimum atomic E-state index is 0.121. The molecule has 3 aliphatic heterocycles. The first-order valence-electron chi connectivity index (χ1n) is 9.36. The number of thioether (sulfide) groups is 2. The molecule has 0 radical (unpaired) electrons. The van der Waals surface area contributed by atoms with Crippen LogP contribution in [0.5, 0.6) is 0 Å². The monoisotopic (exact) mass is 428 g/mol. The number of carbonyl (C=O) groups excluding carboxylic acids is 1. The van der Waals surface area contributed by atoms with Crippen molar-refractivity contribution in [2.45, 2.75) is 23.0 Å². The number of amides is 1. The Hall–Kier alpha value is -1.77. The second kappa shape index (κ2) is 7.24. The van der Waals surface area contributed by atoms with Crippen molar-refractivity contribution in [3.8, 4) is 0 Å². The lowest BCUT2D eigenvalue weighted by molar-refractivity contribution is 0.0669. The van der Waals surface area contributed by atoms with Gasteiger partial charge in [0.2, 0.25) is 0 Å². The zero-order valence-electron chi connectivity index (χ0n) is 15.2. The number of hydrogen-bond donors (Lipinski definition) is 2. The van der Waals surface area contributed by atoms with Gasteiger partial charge in [0, 0.05) is 41.1 Å². The van der Waals surface area contributed by atoms with Crippen molar-refractivity contribution < 1.29 is 4.79 Å². The molecule has 3 aliphatic rings. The second-order valence-corrected chi connectivity index (χ2v) is 10.8. The van der Waals surface area contributed by atoms with Gasteiger partial charge in [-0.25, -0.2) is 4.98 Å². The van der Waals surface area contributed by atoms with Crippen LogP contribution in [0.3, 0.4) is 0 Å². The highest BCUT2D eigenvalue weighted by molar-refractivity contribution is 8.21. The molecule has 1 atom stereocenters. The van der Waals surface area contributed by atoms with Crippen LogP contribution in [0, 0.1) is 0 Å². The van der Waals surface area contributed by atoms with Crippen LogP contribution in [0.2, 0.25) is 0 Å². The van der Waals surface area contributed by atoms with E-state index >= 15 is 0 Å².